The van der Waals surface area contributed by atoms with Crippen molar-refractivity contribution >= 4 is 0 Å². The molecule has 1 aliphatic heterocycles. The zero-order valence-corrected chi connectivity index (χ0v) is 12.4. The van der Waals surface area contributed by atoms with Crippen LogP contribution in [0.5, 0.6) is 0 Å². The zero-order chi connectivity index (χ0) is 13.4. The molecule has 102 valence electrons. The molecule has 0 saturated carbocycles. The minimum atomic E-state index is 1.11. The molecule has 0 aliphatic carbocycles. The van der Waals surface area contributed by atoms with E-state index in [1.807, 2.05) is 13.8 Å². The lowest BCUT2D eigenvalue weighted by Gasteiger charge is -2.20. The van der Waals surface area contributed by atoms with Gasteiger partial charge in [-0.1, -0.05) is 43.7 Å². The van der Waals surface area contributed by atoms with E-state index in [2.05, 4.69) is 48.0 Å². The average Bonchev–Trinajstić information content (AvgIpc) is 2.60. The predicted octanol–water partition coefficient (Wildman–Crippen LogP) is 3.16. The lowest BCUT2D eigenvalue weighted by molar-refractivity contribution is 0.269. The number of likely N-dealkylation sites (N-methyl/N-ethyl adjacent to an activating group) is 1. The first kappa shape index (κ1) is 15.2. The molecule has 0 bridgehead atoms. The Labute approximate surface area is 113 Å². The summed E-state index contributed by atoms with van der Waals surface area (Å²) >= 11 is 0. The van der Waals surface area contributed by atoms with Crippen molar-refractivity contribution in [1.29, 1.82) is 0 Å². The third-order valence-corrected chi connectivity index (χ3v) is 3.34. The molecule has 1 saturated heterocycles. The summed E-state index contributed by atoms with van der Waals surface area (Å²) < 4.78 is 0. The fourth-order valence-electron chi connectivity index (χ4n) is 2.21. The SMILES string of the molecule is CC.Cc1ccc(CN2CCCN(C)CC2)cc1. The van der Waals surface area contributed by atoms with Crippen molar-refractivity contribution in [3.63, 3.8) is 0 Å². The summed E-state index contributed by atoms with van der Waals surface area (Å²) in [6, 6.07) is 8.92. The minimum Gasteiger partial charge on any atom is -0.305 e. The van der Waals surface area contributed by atoms with E-state index in [1.54, 1.807) is 0 Å². The van der Waals surface area contributed by atoms with Crippen LogP contribution in [0.25, 0.3) is 0 Å². The molecule has 0 unspecified atom stereocenters. The molecule has 0 radical (unpaired) electrons. The Hall–Kier alpha value is -0.860. The molecule has 0 amide bonds. The van der Waals surface area contributed by atoms with Gasteiger partial charge >= 0.3 is 0 Å². The highest BCUT2D eigenvalue weighted by atomic mass is 15.2. The van der Waals surface area contributed by atoms with Crippen LogP contribution in [0.2, 0.25) is 0 Å². The van der Waals surface area contributed by atoms with E-state index in [0.29, 0.717) is 0 Å². The van der Waals surface area contributed by atoms with Gasteiger partial charge in [-0.25, -0.2) is 0 Å². The van der Waals surface area contributed by atoms with Gasteiger partial charge in [0.2, 0.25) is 0 Å². The molecule has 1 aromatic carbocycles. The Morgan fingerprint density at radius 1 is 0.944 bits per heavy atom. The molecule has 2 heteroatoms. The second-order valence-electron chi connectivity index (χ2n) is 4.92. The number of hydrogen-bond donors (Lipinski definition) is 0. The van der Waals surface area contributed by atoms with E-state index >= 15 is 0 Å². The van der Waals surface area contributed by atoms with Crippen LogP contribution < -0.4 is 0 Å². The summed E-state index contributed by atoms with van der Waals surface area (Å²) in [5.74, 6) is 0. The largest absolute Gasteiger partial charge is 0.305 e. The molecule has 1 fully saturated rings. The third kappa shape index (κ3) is 5.19. The maximum absolute atomic E-state index is 2.56. The highest BCUT2D eigenvalue weighted by Crippen LogP contribution is 2.09. The highest BCUT2D eigenvalue weighted by molar-refractivity contribution is 5.21. The van der Waals surface area contributed by atoms with Crippen LogP contribution in [-0.2, 0) is 6.54 Å². The Kier molecular flexibility index (Phi) is 6.99. The smallest absolute Gasteiger partial charge is 0.0234 e. The van der Waals surface area contributed by atoms with Crippen LogP contribution in [0.3, 0.4) is 0 Å². The van der Waals surface area contributed by atoms with Crippen LogP contribution in [0, 0.1) is 6.92 Å². The molecule has 1 heterocycles. The first-order valence-electron chi connectivity index (χ1n) is 7.20. The number of aryl methyl sites for hydroxylation is 1. The molecule has 0 spiro atoms. The van der Waals surface area contributed by atoms with Crippen molar-refractivity contribution in [2.75, 3.05) is 33.2 Å². The monoisotopic (exact) mass is 248 g/mol. The number of benzene rings is 1. The topological polar surface area (TPSA) is 6.48 Å². The van der Waals surface area contributed by atoms with Crippen LogP contribution in [0.1, 0.15) is 31.4 Å². The van der Waals surface area contributed by atoms with Gasteiger partial charge < -0.3 is 4.90 Å². The van der Waals surface area contributed by atoms with Crippen molar-refractivity contribution in [2.24, 2.45) is 0 Å². The summed E-state index contributed by atoms with van der Waals surface area (Å²) in [5, 5.41) is 0. The maximum atomic E-state index is 2.56. The molecule has 1 aromatic rings. The Balaban J connectivity index is 0.000000771. The van der Waals surface area contributed by atoms with E-state index in [4.69, 9.17) is 0 Å². The lowest BCUT2D eigenvalue weighted by Crippen LogP contribution is -2.28. The van der Waals surface area contributed by atoms with E-state index < -0.39 is 0 Å². The molecule has 1 aliphatic rings. The summed E-state index contributed by atoms with van der Waals surface area (Å²) in [7, 11) is 2.22. The predicted molar refractivity (Wildman–Crippen MR) is 79.9 cm³/mol. The van der Waals surface area contributed by atoms with Crippen LogP contribution in [0.15, 0.2) is 24.3 Å². The Bertz CT molecular complexity index is 318. The van der Waals surface area contributed by atoms with E-state index in [-0.39, 0.29) is 0 Å². The molecule has 0 N–H and O–H groups in total. The van der Waals surface area contributed by atoms with E-state index in [9.17, 15) is 0 Å². The van der Waals surface area contributed by atoms with Gasteiger partial charge in [0.05, 0.1) is 0 Å². The first-order valence-corrected chi connectivity index (χ1v) is 7.20. The number of rotatable bonds is 2. The molecule has 0 aromatic heterocycles. The van der Waals surface area contributed by atoms with Crippen molar-refractivity contribution in [3.05, 3.63) is 35.4 Å². The van der Waals surface area contributed by atoms with Gasteiger partial charge in [-0.05, 0) is 39.0 Å². The first-order chi connectivity index (χ1) is 8.74. The standard InChI is InChI=1S/C14H22N2.C2H6/c1-13-4-6-14(7-5-13)12-16-9-3-8-15(2)10-11-16;1-2/h4-7H,3,8-12H2,1-2H3;1-2H3. The quantitative estimate of drug-likeness (QED) is 0.793. The second kappa shape index (κ2) is 8.28. The Morgan fingerprint density at radius 3 is 2.28 bits per heavy atom. The molecule has 18 heavy (non-hydrogen) atoms. The van der Waals surface area contributed by atoms with Crippen molar-refractivity contribution < 1.29 is 0 Å². The fourth-order valence-corrected chi connectivity index (χ4v) is 2.21. The Morgan fingerprint density at radius 2 is 1.61 bits per heavy atom. The van der Waals surface area contributed by atoms with Crippen molar-refractivity contribution in [2.45, 2.75) is 33.7 Å². The van der Waals surface area contributed by atoms with Crippen molar-refractivity contribution in [1.82, 2.24) is 9.80 Å². The van der Waals surface area contributed by atoms with Gasteiger partial charge in [0.25, 0.3) is 0 Å². The fraction of sp³-hybridized carbons (Fsp3) is 0.625. The maximum Gasteiger partial charge on any atom is 0.0234 e. The van der Waals surface area contributed by atoms with Crippen molar-refractivity contribution in [3.8, 4) is 0 Å². The minimum absolute atomic E-state index is 1.11. The summed E-state index contributed by atoms with van der Waals surface area (Å²) in [6.07, 6.45) is 1.29. The molecule has 0 atom stereocenters. The van der Waals surface area contributed by atoms with Gasteiger partial charge in [-0.2, -0.15) is 0 Å². The second-order valence-corrected chi connectivity index (χ2v) is 4.92. The van der Waals surface area contributed by atoms with Gasteiger partial charge in [0.1, 0.15) is 0 Å². The summed E-state index contributed by atoms with van der Waals surface area (Å²) in [6.45, 7) is 12.1. The number of nitrogens with zero attached hydrogens (tertiary/aromatic N) is 2. The van der Waals surface area contributed by atoms with Crippen LogP contribution in [0.4, 0.5) is 0 Å². The molecule has 2 rings (SSSR count). The lowest BCUT2D eigenvalue weighted by atomic mass is 10.1. The van der Waals surface area contributed by atoms with Crippen LogP contribution in [-0.4, -0.2) is 43.0 Å². The van der Waals surface area contributed by atoms with E-state index in [1.165, 1.54) is 43.7 Å². The molecule has 2 nitrogen and oxygen atoms in total. The normalized spacial score (nSPS) is 17.8. The van der Waals surface area contributed by atoms with E-state index in [0.717, 1.165) is 6.54 Å². The highest BCUT2D eigenvalue weighted by Gasteiger charge is 2.11. The zero-order valence-electron chi connectivity index (χ0n) is 12.4. The molecular formula is C16H28N2. The summed E-state index contributed by atoms with van der Waals surface area (Å²) in [5.41, 5.74) is 2.79. The van der Waals surface area contributed by atoms with Gasteiger partial charge in [-0.15, -0.1) is 0 Å². The number of hydrogen-bond acceptors (Lipinski definition) is 2. The van der Waals surface area contributed by atoms with Crippen LogP contribution >= 0.6 is 0 Å². The van der Waals surface area contributed by atoms with Gasteiger partial charge in [-0.3, -0.25) is 4.90 Å². The molecular weight excluding hydrogens is 220 g/mol. The average molecular weight is 248 g/mol. The summed E-state index contributed by atoms with van der Waals surface area (Å²) in [4.78, 5) is 4.99. The van der Waals surface area contributed by atoms with Gasteiger partial charge in [0.15, 0.2) is 0 Å². The van der Waals surface area contributed by atoms with Gasteiger partial charge in [0, 0.05) is 19.6 Å². The third-order valence-electron chi connectivity index (χ3n) is 3.34.